The fourth-order valence-corrected chi connectivity index (χ4v) is 5.69. The van der Waals surface area contributed by atoms with Crippen molar-refractivity contribution >= 4 is 32.4 Å². The third-order valence-corrected chi connectivity index (χ3v) is 7.82. The molecule has 0 aliphatic heterocycles. The van der Waals surface area contributed by atoms with Crippen molar-refractivity contribution in [2.45, 2.75) is 62.8 Å². The zero-order valence-corrected chi connectivity index (χ0v) is 17.9. The Morgan fingerprint density at radius 3 is 2.71 bits per heavy atom. The Hall–Kier alpha value is -1.84. The number of aryl methyl sites for hydroxylation is 1. The number of amides is 1. The van der Waals surface area contributed by atoms with Gasteiger partial charge in [0, 0.05) is 25.1 Å². The van der Waals surface area contributed by atoms with Crippen LogP contribution in [0.15, 0.2) is 29.2 Å². The van der Waals surface area contributed by atoms with Gasteiger partial charge >= 0.3 is 0 Å². The monoisotopic (exact) mass is 422 g/mol. The van der Waals surface area contributed by atoms with E-state index in [1.54, 1.807) is 19.2 Å². The number of nitrogens with zero attached hydrogens (tertiary/aromatic N) is 3. The Labute approximate surface area is 170 Å². The number of aromatic nitrogens is 2. The molecule has 1 heterocycles. The van der Waals surface area contributed by atoms with Crippen LogP contribution in [-0.4, -0.2) is 41.9 Å². The molecule has 1 aromatic carbocycles. The molecule has 1 aliphatic rings. The lowest BCUT2D eigenvalue weighted by Gasteiger charge is -2.30. The number of anilines is 1. The molecular weight excluding hydrogens is 396 g/mol. The maximum atomic E-state index is 13.0. The molecule has 9 heteroatoms. The molecule has 2 aromatic rings. The predicted octanol–water partition coefficient (Wildman–Crippen LogP) is 3.70. The number of benzene rings is 1. The lowest BCUT2D eigenvalue weighted by atomic mass is 9.96. The van der Waals surface area contributed by atoms with Crippen LogP contribution in [0.5, 0.6) is 0 Å². The largest absolute Gasteiger partial charge is 0.296 e. The fourth-order valence-electron chi connectivity index (χ4n) is 3.39. The summed E-state index contributed by atoms with van der Waals surface area (Å²) < 4.78 is 27.5. The molecule has 1 N–H and O–H groups in total. The highest BCUT2D eigenvalue weighted by atomic mass is 32.2. The van der Waals surface area contributed by atoms with Gasteiger partial charge in [-0.3, -0.25) is 10.1 Å². The predicted molar refractivity (Wildman–Crippen MR) is 110 cm³/mol. The molecule has 3 rings (SSSR count). The van der Waals surface area contributed by atoms with Crippen molar-refractivity contribution in [1.82, 2.24) is 14.5 Å². The van der Waals surface area contributed by atoms with Gasteiger partial charge in [0.25, 0.3) is 5.91 Å². The highest BCUT2D eigenvalue weighted by Gasteiger charge is 2.29. The first-order chi connectivity index (χ1) is 13.4. The van der Waals surface area contributed by atoms with Crippen molar-refractivity contribution in [2.24, 2.45) is 0 Å². The number of hydrogen-bond acceptors (Lipinski definition) is 6. The van der Waals surface area contributed by atoms with E-state index in [2.05, 4.69) is 22.4 Å². The molecule has 1 amide bonds. The number of rotatable bonds is 7. The van der Waals surface area contributed by atoms with Gasteiger partial charge in [0.05, 0.1) is 4.90 Å². The molecule has 0 radical (unpaired) electrons. The Morgan fingerprint density at radius 2 is 2.00 bits per heavy atom. The van der Waals surface area contributed by atoms with Crippen molar-refractivity contribution in [3.63, 3.8) is 0 Å². The third kappa shape index (κ3) is 4.76. The summed E-state index contributed by atoms with van der Waals surface area (Å²) in [6, 6.07) is 6.19. The lowest BCUT2D eigenvalue weighted by Crippen LogP contribution is -2.38. The standard InChI is InChI=1S/C19H26N4O3S2/c1-3-8-17-21-22-19(27-17)20-18(24)14-9-7-12-16(13-14)28(25,26)23(2)15-10-5-4-6-11-15/h7,9,12-13,15H,3-6,8,10-11H2,1-2H3,(H,20,22,24). The number of nitrogens with one attached hydrogen (secondary N) is 1. The maximum absolute atomic E-state index is 13.0. The Balaban J connectivity index is 1.75. The van der Waals surface area contributed by atoms with Gasteiger partial charge in [0.2, 0.25) is 15.2 Å². The highest BCUT2D eigenvalue weighted by molar-refractivity contribution is 7.89. The Kier molecular flexibility index (Phi) is 6.79. The van der Waals surface area contributed by atoms with Crippen LogP contribution in [0.1, 0.15) is 60.8 Å². The first-order valence-corrected chi connectivity index (χ1v) is 11.9. The number of carbonyl (C=O) groups is 1. The van der Waals surface area contributed by atoms with Crippen molar-refractivity contribution in [1.29, 1.82) is 0 Å². The fraction of sp³-hybridized carbons (Fsp3) is 0.526. The van der Waals surface area contributed by atoms with Crippen molar-refractivity contribution < 1.29 is 13.2 Å². The average molecular weight is 423 g/mol. The minimum absolute atomic E-state index is 0.0228. The van der Waals surface area contributed by atoms with Crippen LogP contribution in [0, 0.1) is 0 Å². The average Bonchev–Trinajstić information content (AvgIpc) is 3.15. The topological polar surface area (TPSA) is 92.3 Å². The minimum atomic E-state index is -3.64. The second-order valence-electron chi connectivity index (χ2n) is 7.05. The highest BCUT2D eigenvalue weighted by Crippen LogP contribution is 2.27. The van der Waals surface area contributed by atoms with Gasteiger partial charge in [0.1, 0.15) is 5.01 Å². The van der Waals surface area contributed by atoms with Gasteiger partial charge in [-0.2, -0.15) is 4.31 Å². The molecule has 1 aliphatic carbocycles. The number of carbonyl (C=O) groups excluding carboxylic acids is 1. The summed E-state index contributed by atoms with van der Waals surface area (Å²) in [5, 5.41) is 12.0. The number of sulfonamides is 1. The zero-order valence-electron chi connectivity index (χ0n) is 16.2. The molecule has 7 nitrogen and oxygen atoms in total. The van der Waals surface area contributed by atoms with Crippen molar-refractivity contribution in [3.05, 3.63) is 34.8 Å². The van der Waals surface area contributed by atoms with Crippen LogP contribution < -0.4 is 5.32 Å². The van der Waals surface area contributed by atoms with Gasteiger partial charge in [-0.25, -0.2) is 8.42 Å². The Morgan fingerprint density at radius 1 is 1.25 bits per heavy atom. The third-order valence-electron chi connectivity index (χ3n) is 5.01. The van der Waals surface area contributed by atoms with E-state index < -0.39 is 15.9 Å². The molecule has 1 aromatic heterocycles. The van der Waals surface area contributed by atoms with E-state index >= 15 is 0 Å². The van der Waals surface area contributed by atoms with E-state index in [1.165, 1.54) is 27.8 Å². The molecule has 1 fully saturated rings. The van der Waals surface area contributed by atoms with Crippen LogP contribution in [0.25, 0.3) is 0 Å². The van der Waals surface area contributed by atoms with Gasteiger partial charge < -0.3 is 0 Å². The first kappa shape index (κ1) is 20.9. The summed E-state index contributed by atoms with van der Waals surface area (Å²) in [5.41, 5.74) is 0.283. The summed E-state index contributed by atoms with van der Waals surface area (Å²) in [6.45, 7) is 2.05. The number of hydrogen-bond donors (Lipinski definition) is 1. The quantitative estimate of drug-likeness (QED) is 0.734. The smallest absolute Gasteiger partial charge is 0.257 e. The van der Waals surface area contributed by atoms with Gasteiger partial charge in [-0.1, -0.05) is 43.6 Å². The summed E-state index contributed by atoms with van der Waals surface area (Å²) in [4.78, 5) is 12.7. The summed E-state index contributed by atoms with van der Waals surface area (Å²) in [6.07, 6.45) is 6.79. The molecule has 28 heavy (non-hydrogen) atoms. The van der Waals surface area contributed by atoms with Gasteiger partial charge in [-0.15, -0.1) is 10.2 Å². The molecule has 1 saturated carbocycles. The van der Waals surface area contributed by atoms with E-state index in [0.29, 0.717) is 5.13 Å². The van der Waals surface area contributed by atoms with Crippen LogP contribution in [0.2, 0.25) is 0 Å². The second kappa shape index (κ2) is 9.11. The van der Waals surface area contributed by atoms with E-state index in [9.17, 15) is 13.2 Å². The molecular formula is C19H26N4O3S2. The van der Waals surface area contributed by atoms with Crippen molar-refractivity contribution in [2.75, 3.05) is 12.4 Å². The van der Waals surface area contributed by atoms with Crippen LogP contribution >= 0.6 is 11.3 Å². The molecule has 0 atom stereocenters. The molecule has 0 spiro atoms. The van der Waals surface area contributed by atoms with Gasteiger partial charge in [0.15, 0.2) is 0 Å². The summed E-state index contributed by atoms with van der Waals surface area (Å²) in [5.74, 6) is -0.392. The normalized spacial score (nSPS) is 15.7. The second-order valence-corrected chi connectivity index (χ2v) is 10.1. The Bertz CT molecular complexity index is 921. The van der Waals surface area contributed by atoms with Crippen LogP contribution in [-0.2, 0) is 16.4 Å². The molecule has 0 unspecified atom stereocenters. The van der Waals surface area contributed by atoms with Crippen molar-refractivity contribution in [3.8, 4) is 0 Å². The summed E-state index contributed by atoms with van der Waals surface area (Å²) >= 11 is 1.33. The first-order valence-electron chi connectivity index (χ1n) is 9.63. The van der Waals surface area contributed by atoms with E-state index in [0.717, 1.165) is 50.0 Å². The SMILES string of the molecule is CCCc1nnc(NC(=O)c2cccc(S(=O)(=O)N(C)C3CCCCC3)c2)s1. The molecule has 0 saturated heterocycles. The van der Waals surface area contributed by atoms with E-state index in [1.807, 2.05) is 0 Å². The van der Waals surface area contributed by atoms with Gasteiger partial charge in [-0.05, 0) is 37.5 Å². The molecule has 0 bridgehead atoms. The summed E-state index contributed by atoms with van der Waals surface area (Å²) in [7, 11) is -2.01. The van der Waals surface area contributed by atoms with Crippen LogP contribution in [0.4, 0.5) is 5.13 Å². The minimum Gasteiger partial charge on any atom is -0.296 e. The van der Waals surface area contributed by atoms with E-state index in [4.69, 9.17) is 0 Å². The van der Waals surface area contributed by atoms with E-state index in [-0.39, 0.29) is 16.5 Å². The zero-order chi connectivity index (χ0) is 20.1. The lowest BCUT2D eigenvalue weighted by molar-refractivity contribution is 0.102. The molecule has 152 valence electrons. The van der Waals surface area contributed by atoms with Crippen LogP contribution in [0.3, 0.4) is 0 Å². The maximum Gasteiger partial charge on any atom is 0.257 e.